The molecule has 1 rings (SSSR count). The van der Waals surface area contributed by atoms with Crippen LogP contribution in [0.2, 0.25) is 0 Å². The zero-order valence-electron chi connectivity index (χ0n) is 14.8. The molecule has 0 radical (unpaired) electrons. The van der Waals surface area contributed by atoms with Gasteiger partial charge in [0.25, 0.3) is 0 Å². The topological polar surface area (TPSA) is 70.6 Å². The van der Waals surface area contributed by atoms with Crippen molar-refractivity contribution >= 4 is 6.03 Å². The average molecular weight is 322 g/mol. The highest BCUT2D eigenvalue weighted by atomic mass is 16.5. The second-order valence-corrected chi connectivity index (χ2v) is 6.78. The SMILES string of the molecule is CCc1ccc(C(CO)NC(=O)NCC(OC)C(C)(C)C)cc1. The van der Waals surface area contributed by atoms with E-state index < -0.39 is 6.04 Å². The number of ether oxygens (including phenoxy) is 1. The minimum Gasteiger partial charge on any atom is -0.394 e. The summed E-state index contributed by atoms with van der Waals surface area (Å²) in [6.45, 7) is 8.54. The van der Waals surface area contributed by atoms with Crippen LogP contribution in [0, 0.1) is 5.41 Å². The van der Waals surface area contributed by atoms with Gasteiger partial charge in [-0.1, -0.05) is 52.0 Å². The first-order valence-corrected chi connectivity index (χ1v) is 8.08. The lowest BCUT2D eigenvalue weighted by atomic mass is 9.89. The Bertz CT molecular complexity index is 480. The highest BCUT2D eigenvalue weighted by Crippen LogP contribution is 2.21. The summed E-state index contributed by atoms with van der Waals surface area (Å²) in [6.07, 6.45) is 0.882. The highest BCUT2D eigenvalue weighted by Gasteiger charge is 2.25. The van der Waals surface area contributed by atoms with Crippen molar-refractivity contribution in [2.45, 2.75) is 46.3 Å². The van der Waals surface area contributed by atoms with Gasteiger partial charge in [0.05, 0.1) is 18.8 Å². The number of benzene rings is 1. The van der Waals surface area contributed by atoms with Crippen molar-refractivity contribution in [2.24, 2.45) is 5.41 Å². The maximum atomic E-state index is 12.1. The molecule has 2 amide bonds. The summed E-state index contributed by atoms with van der Waals surface area (Å²) in [4.78, 5) is 12.1. The summed E-state index contributed by atoms with van der Waals surface area (Å²) in [7, 11) is 1.64. The summed E-state index contributed by atoms with van der Waals surface area (Å²) in [5.74, 6) is 0. The zero-order chi connectivity index (χ0) is 17.5. The van der Waals surface area contributed by atoms with Crippen LogP contribution in [0.25, 0.3) is 0 Å². The third-order valence-corrected chi connectivity index (χ3v) is 3.98. The molecule has 0 saturated carbocycles. The van der Waals surface area contributed by atoms with Crippen LogP contribution in [0.4, 0.5) is 4.79 Å². The molecule has 0 spiro atoms. The largest absolute Gasteiger partial charge is 0.394 e. The first-order valence-electron chi connectivity index (χ1n) is 8.08. The van der Waals surface area contributed by atoms with Crippen LogP contribution >= 0.6 is 0 Å². The number of methoxy groups -OCH3 is 1. The number of hydrogen-bond acceptors (Lipinski definition) is 3. The van der Waals surface area contributed by atoms with E-state index in [9.17, 15) is 9.90 Å². The molecule has 0 saturated heterocycles. The number of nitrogens with one attached hydrogen (secondary N) is 2. The number of hydrogen-bond donors (Lipinski definition) is 3. The Morgan fingerprint density at radius 2 is 1.87 bits per heavy atom. The average Bonchev–Trinajstić information content (AvgIpc) is 2.52. The van der Waals surface area contributed by atoms with Gasteiger partial charge in [-0.05, 0) is 23.0 Å². The summed E-state index contributed by atoms with van der Waals surface area (Å²) < 4.78 is 5.41. The van der Waals surface area contributed by atoms with Gasteiger partial charge in [-0.2, -0.15) is 0 Å². The van der Waals surface area contributed by atoms with E-state index >= 15 is 0 Å². The number of amides is 2. The predicted octanol–water partition coefficient (Wildman–Crippen LogP) is 2.64. The molecule has 23 heavy (non-hydrogen) atoms. The lowest BCUT2D eigenvalue weighted by Gasteiger charge is -2.29. The number of aliphatic hydroxyl groups is 1. The number of rotatable bonds is 7. The first-order chi connectivity index (χ1) is 10.8. The fourth-order valence-corrected chi connectivity index (χ4v) is 2.36. The van der Waals surface area contributed by atoms with Crippen molar-refractivity contribution in [3.05, 3.63) is 35.4 Å². The Labute approximate surface area is 139 Å². The molecule has 0 fully saturated rings. The molecule has 0 aliphatic carbocycles. The second kappa shape index (κ2) is 8.89. The molecule has 1 aromatic carbocycles. The Balaban J connectivity index is 2.59. The predicted molar refractivity (Wildman–Crippen MR) is 92.4 cm³/mol. The monoisotopic (exact) mass is 322 g/mol. The van der Waals surface area contributed by atoms with Crippen molar-refractivity contribution in [1.82, 2.24) is 10.6 Å². The summed E-state index contributed by atoms with van der Waals surface area (Å²) in [6, 6.07) is 7.17. The van der Waals surface area contributed by atoms with Crippen molar-refractivity contribution in [3.63, 3.8) is 0 Å². The smallest absolute Gasteiger partial charge is 0.315 e. The fraction of sp³-hybridized carbons (Fsp3) is 0.611. The fourth-order valence-electron chi connectivity index (χ4n) is 2.36. The summed E-state index contributed by atoms with van der Waals surface area (Å²) >= 11 is 0. The van der Waals surface area contributed by atoms with Gasteiger partial charge in [0.2, 0.25) is 0 Å². The normalized spacial score (nSPS) is 14.2. The number of carbonyl (C=O) groups is 1. The van der Waals surface area contributed by atoms with Crippen molar-refractivity contribution in [1.29, 1.82) is 0 Å². The molecule has 0 aromatic heterocycles. The van der Waals surface area contributed by atoms with Gasteiger partial charge < -0.3 is 20.5 Å². The van der Waals surface area contributed by atoms with E-state index in [1.54, 1.807) is 7.11 Å². The van der Waals surface area contributed by atoms with E-state index in [2.05, 4.69) is 38.3 Å². The highest BCUT2D eigenvalue weighted by molar-refractivity contribution is 5.74. The lowest BCUT2D eigenvalue weighted by Crippen LogP contribution is -2.45. The number of carbonyl (C=O) groups excluding carboxylic acids is 1. The van der Waals surface area contributed by atoms with Crippen LogP contribution in [0.3, 0.4) is 0 Å². The molecule has 5 heteroatoms. The molecule has 3 N–H and O–H groups in total. The van der Waals surface area contributed by atoms with Gasteiger partial charge in [-0.15, -0.1) is 0 Å². The van der Waals surface area contributed by atoms with Crippen molar-refractivity contribution in [3.8, 4) is 0 Å². The van der Waals surface area contributed by atoms with Crippen LogP contribution < -0.4 is 10.6 Å². The molecule has 130 valence electrons. The van der Waals surface area contributed by atoms with Crippen LogP contribution in [-0.2, 0) is 11.2 Å². The Morgan fingerprint density at radius 3 is 2.30 bits per heavy atom. The van der Waals surface area contributed by atoms with Gasteiger partial charge in [-0.25, -0.2) is 4.79 Å². The van der Waals surface area contributed by atoms with E-state index in [1.165, 1.54) is 5.56 Å². The Hall–Kier alpha value is -1.59. The van der Waals surface area contributed by atoms with Crippen molar-refractivity contribution in [2.75, 3.05) is 20.3 Å². The summed E-state index contributed by atoms with van der Waals surface area (Å²) in [5.41, 5.74) is 2.05. The minimum atomic E-state index is -0.420. The van der Waals surface area contributed by atoms with E-state index in [4.69, 9.17) is 4.74 Å². The van der Waals surface area contributed by atoms with E-state index in [0.29, 0.717) is 6.54 Å². The third-order valence-electron chi connectivity index (χ3n) is 3.98. The van der Waals surface area contributed by atoms with Gasteiger partial charge >= 0.3 is 6.03 Å². The van der Waals surface area contributed by atoms with Crippen LogP contribution in [0.5, 0.6) is 0 Å². The molecule has 0 heterocycles. The van der Waals surface area contributed by atoms with E-state index in [0.717, 1.165) is 12.0 Å². The van der Waals surface area contributed by atoms with Gasteiger partial charge in [0.1, 0.15) is 0 Å². The third kappa shape index (κ3) is 6.20. The summed E-state index contributed by atoms with van der Waals surface area (Å²) in [5, 5.41) is 15.1. The van der Waals surface area contributed by atoms with Crippen LogP contribution in [0.1, 0.15) is 44.9 Å². The van der Waals surface area contributed by atoms with Crippen molar-refractivity contribution < 1.29 is 14.6 Å². The maximum Gasteiger partial charge on any atom is 0.315 e. The number of aryl methyl sites for hydroxylation is 1. The van der Waals surface area contributed by atoms with Crippen LogP contribution in [-0.4, -0.2) is 37.5 Å². The quantitative estimate of drug-likeness (QED) is 0.723. The molecule has 5 nitrogen and oxygen atoms in total. The van der Waals surface area contributed by atoms with E-state index in [1.807, 2.05) is 24.3 Å². The minimum absolute atomic E-state index is 0.0611. The lowest BCUT2D eigenvalue weighted by molar-refractivity contribution is 0.0193. The maximum absolute atomic E-state index is 12.1. The van der Waals surface area contributed by atoms with Gasteiger partial charge in [-0.3, -0.25) is 0 Å². The van der Waals surface area contributed by atoms with Gasteiger partial charge in [0.15, 0.2) is 0 Å². The molecule has 0 bridgehead atoms. The molecule has 0 aliphatic heterocycles. The number of aliphatic hydroxyl groups excluding tert-OH is 1. The van der Waals surface area contributed by atoms with Crippen LogP contribution in [0.15, 0.2) is 24.3 Å². The van der Waals surface area contributed by atoms with E-state index in [-0.39, 0.29) is 24.2 Å². The number of urea groups is 1. The Kier molecular flexibility index (Phi) is 7.52. The molecule has 2 atom stereocenters. The van der Waals surface area contributed by atoms with Gasteiger partial charge in [0, 0.05) is 13.7 Å². The standard InChI is InChI=1S/C18H30N2O3/c1-6-13-7-9-14(10-8-13)15(12-21)20-17(22)19-11-16(23-5)18(2,3)4/h7-10,15-16,21H,6,11-12H2,1-5H3,(H2,19,20,22). The molecular weight excluding hydrogens is 292 g/mol. The molecule has 0 aliphatic rings. The zero-order valence-corrected chi connectivity index (χ0v) is 14.8. The second-order valence-electron chi connectivity index (χ2n) is 6.78. The molecular formula is C18H30N2O3. The molecule has 2 unspecified atom stereocenters. The molecule has 1 aromatic rings. The first kappa shape index (κ1) is 19.5. The Morgan fingerprint density at radius 1 is 1.26 bits per heavy atom.